The quantitative estimate of drug-likeness (QED) is 0.435. The fraction of sp³-hybridized carbons (Fsp3) is 0.429. The van der Waals surface area contributed by atoms with E-state index in [9.17, 15) is 0 Å². The molecular weight excluding hydrogens is 312 g/mol. The van der Waals surface area contributed by atoms with E-state index < -0.39 is 8.32 Å². The number of benzene rings is 2. The molecule has 0 saturated carbocycles. The van der Waals surface area contributed by atoms with Gasteiger partial charge in [-0.3, -0.25) is 0 Å². The predicted octanol–water partition coefficient (Wildman–Crippen LogP) is 3.74. The zero-order valence-electron chi connectivity index (χ0n) is 15.0. The highest BCUT2D eigenvalue weighted by Gasteiger charge is 2.49. The normalized spacial score (nSPS) is 17.7. The van der Waals surface area contributed by atoms with E-state index in [1.807, 2.05) is 0 Å². The summed E-state index contributed by atoms with van der Waals surface area (Å²) in [6.07, 6.45) is 2.65. The van der Waals surface area contributed by atoms with Crippen LogP contribution < -0.4 is 10.4 Å². The van der Waals surface area contributed by atoms with Crippen LogP contribution in [0.5, 0.6) is 0 Å². The minimum atomic E-state index is -2.34. The third-order valence-corrected chi connectivity index (χ3v) is 9.85. The average Bonchev–Trinajstić information content (AvgIpc) is 3.40. The molecule has 0 aliphatic carbocycles. The highest BCUT2D eigenvalue weighted by molar-refractivity contribution is 6.99. The summed E-state index contributed by atoms with van der Waals surface area (Å²) < 4.78 is 12.2. The minimum absolute atomic E-state index is 0.0613. The Morgan fingerprint density at radius 1 is 0.958 bits per heavy atom. The molecule has 0 unspecified atom stereocenters. The van der Waals surface area contributed by atoms with Crippen LogP contribution in [0.2, 0.25) is 5.04 Å². The molecule has 0 bridgehead atoms. The lowest BCUT2D eigenvalue weighted by Gasteiger charge is -2.43. The Morgan fingerprint density at radius 3 is 1.88 bits per heavy atom. The number of hydrogen-bond acceptors (Lipinski definition) is 2. The van der Waals surface area contributed by atoms with Crippen LogP contribution in [0.3, 0.4) is 0 Å². The molecule has 1 saturated heterocycles. The zero-order valence-corrected chi connectivity index (χ0v) is 16.0. The van der Waals surface area contributed by atoms with Gasteiger partial charge in [-0.25, -0.2) is 0 Å². The van der Waals surface area contributed by atoms with Crippen molar-refractivity contribution in [2.24, 2.45) is 0 Å². The van der Waals surface area contributed by atoms with Crippen LogP contribution in [0.1, 0.15) is 33.6 Å². The third-order valence-electron chi connectivity index (χ3n) is 4.81. The molecule has 0 radical (unpaired) electrons. The van der Waals surface area contributed by atoms with Gasteiger partial charge in [0.1, 0.15) is 0 Å². The number of epoxide rings is 1. The van der Waals surface area contributed by atoms with Gasteiger partial charge in [0.05, 0.1) is 12.7 Å². The molecule has 1 fully saturated rings. The van der Waals surface area contributed by atoms with Crippen molar-refractivity contribution in [2.45, 2.75) is 44.8 Å². The molecule has 1 aliphatic rings. The maximum absolute atomic E-state index is 6.83. The Bertz CT molecular complexity index is 590. The SMILES string of the molecule is CC(C)(C)[Si](OCCC[C@H]1CO1)(c1ccccc1)c1ccccc1. The smallest absolute Gasteiger partial charge is 0.261 e. The van der Waals surface area contributed by atoms with Crippen molar-refractivity contribution in [1.29, 1.82) is 0 Å². The average molecular weight is 341 g/mol. The van der Waals surface area contributed by atoms with Gasteiger partial charge in [-0.15, -0.1) is 0 Å². The first kappa shape index (κ1) is 17.4. The molecule has 1 aliphatic heterocycles. The van der Waals surface area contributed by atoms with Gasteiger partial charge < -0.3 is 9.16 Å². The minimum Gasteiger partial charge on any atom is -0.407 e. The van der Waals surface area contributed by atoms with E-state index in [0.717, 1.165) is 26.1 Å². The van der Waals surface area contributed by atoms with E-state index in [2.05, 4.69) is 81.4 Å². The van der Waals surface area contributed by atoms with Crippen molar-refractivity contribution in [3.05, 3.63) is 60.7 Å². The van der Waals surface area contributed by atoms with Crippen LogP contribution in [0.25, 0.3) is 0 Å². The summed E-state index contributed by atoms with van der Waals surface area (Å²) in [5, 5.41) is 2.77. The standard InChI is InChI=1S/C21H28O2Si/c1-21(2,3)24(19-12-6-4-7-13-19,20-14-8-5-9-15-20)23-16-10-11-18-17-22-18/h4-9,12-15,18H,10-11,16-17H2,1-3H3/t18-/m0/s1. The molecule has 1 heterocycles. The van der Waals surface area contributed by atoms with Gasteiger partial charge in [0.15, 0.2) is 0 Å². The molecule has 0 amide bonds. The number of ether oxygens (including phenoxy) is 1. The molecule has 0 N–H and O–H groups in total. The van der Waals surface area contributed by atoms with Gasteiger partial charge >= 0.3 is 0 Å². The Labute approximate surface area is 146 Å². The van der Waals surface area contributed by atoms with Crippen LogP contribution in [0.4, 0.5) is 0 Å². The summed E-state index contributed by atoms with van der Waals surface area (Å²) in [5.41, 5.74) is 0. The summed E-state index contributed by atoms with van der Waals surface area (Å²) in [6, 6.07) is 21.7. The topological polar surface area (TPSA) is 21.8 Å². The maximum Gasteiger partial charge on any atom is 0.261 e. The summed E-state index contributed by atoms with van der Waals surface area (Å²) >= 11 is 0. The molecule has 128 valence electrons. The first-order chi connectivity index (χ1) is 11.5. The van der Waals surface area contributed by atoms with E-state index in [4.69, 9.17) is 9.16 Å². The molecular formula is C21H28O2Si. The van der Waals surface area contributed by atoms with Gasteiger partial charge in [-0.2, -0.15) is 0 Å². The molecule has 3 rings (SSSR count). The molecule has 1 atom stereocenters. The second-order valence-corrected chi connectivity index (χ2v) is 11.9. The van der Waals surface area contributed by atoms with Crippen molar-refractivity contribution < 1.29 is 9.16 Å². The molecule has 0 aromatic heterocycles. The predicted molar refractivity (Wildman–Crippen MR) is 103 cm³/mol. The highest BCUT2D eigenvalue weighted by atomic mass is 28.4. The second kappa shape index (κ2) is 7.22. The number of hydrogen-bond donors (Lipinski definition) is 0. The summed E-state index contributed by atoms with van der Waals surface area (Å²) in [4.78, 5) is 0. The van der Waals surface area contributed by atoms with Crippen molar-refractivity contribution in [3.63, 3.8) is 0 Å². The van der Waals surface area contributed by atoms with Gasteiger partial charge in [0.25, 0.3) is 8.32 Å². The van der Waals surface area contributed by atoms with Crippen molar-refractivity contribution in [2.75, 3.05) is 13.2 Å². The van der Waals surface area contributed by atoms with Gasteiger partial charge in [0.2, 0.25) is 0 Å². The summed E-state index contributed by atoms with van der Waals surface area (Å²) in [5.74, 6) is 0. The van der Waals surface area contributed by atoms with Crippen molar-refractivity contribution in [1.82, 2.24) is 0 Å². The zero-order chi connectivity index (χ0) is 17.0. The second-order valence-electron chi connectivity index (χ2n) is 7.61. The Kier molecular flexibility index (Phi) is 5.23. The van der Waals surface area contributed by atoms with Crippen molar-refractivity contribution >= 4 is 18.7 Å². The summed E-state index contributed by atoms with van der Waals surface area (Å²) in [6.45, 7) is 8.70. The molecule has 0 spiro atoms. The van der Waals surface area contributed by atoms with Gasteiger partial charge in [0, 0.05) is 6.61 Å². The lowest BCUT2D eigenvalue weighted by Crippen LogP contribution is -2.66. The summed E-state index contributed by atoms with van der Waals surface area (Å²) in [7, 11) is -2.34. The Hall–Kier alpha value is -1.42. The molecule has 2 aromatic rings. The maximum atomic E-state index is 6.83. The van der Waals surface area contributed by atoms with E-state index in [1.54, 1.807) is 0 Å². The van der Waals surface area contributed by atoms with Crippen LogP contribution in [0, 0.1) is 0 Å². The van der Waals surface area contributed by atoms with Crippen LogP contribution >= 0.6 is 0 Å². The van der Waals surface area contributed by atoms with E-state index in [0.29, 0.717) is 6.10 Å². The Balaban J connectivity index is 1.96. The van der Waals surface area contributed by atoms with Crippen LogP contribution in [-0.4, -0.2) is 27.6 Å². The Morgan fingerprint density at radius 2 is 1.46 bits per heavy atom. The molecule has 2 aromatic carbocycles. The van der Waals surface area contributed by atoms with Crippen LogP contribution in [0.15, 0.2) is 60.7 Å². The third kappa shape index (κ3) is 3.64. The lowest BCUT2D eigenvalue weighted by atomic mass is 10.2. The molecule has 2 nitrogen and oxygen atoms in total. The van der Waals surface area contributed by atoms with Gasteiger partial charge in [-0.05, 0) is 28.3 Å². The fourth-order valence-electron chi connectivity index (χ4n) is 3.53. The highest BCUT2D eigenvalue weighted by Crippen LogP contribution is 2.36. The van der Waals surface area contributed by atoms with E-state index >= 15 is 0 Å². The number of rotatable bonds is 7. The molecule has 3 heteroatoms. The largest absolute Gasteiger partial charge is 0.407 e. The van der Waals surface area contributed by atoms with Gasteiger partial charge in [-0.1, -0.05) is 81.4 Å². The molecule has 24 heavy (non-hydrogen) atoms. The van der Waals surface area contributed by atoms with E-state index in [1.165, 1.54) is 10.4 Å². The monoisotopic (exact) mass is 340 g/mol. The first-order valence-corrected chi connectivity index (χ1v) is 10.8. The van der Waals surface area contributed by atoms with Crippen molar-refractivity contribution in [3.8, 4) is 0 Å². The first-order valence-electron chi connectivity index (χ1n) is 8.91. The fourth-order valence-corrected chi connectivity index (χ4v) is 8.14. The lowest BCUT2D eigenvalue weighted by molar-refractivity contribution is 0.278. The van der Waals surface area contributed by atoms with Crippen LogP contribution in [-0.2, 0) is 9.16 Å². The van der Waals surface area contributed by atoms with E-state index in [-0.39, 0.29) is 5.04 Å².